The summed E-state index contributed by atoms with van der Waals surface area (Å²) >= 11 is 0. The van der Waals surface area contributed by atoms with Crippen LogP contribution in [0, 0.1) is 6.92 Å². The van der Waals surface area contributed by atoms with Crippen molar-refractivity contribution in [3.63, 3.8) is 0 Å². The summed E-state index contributed by atoms with van der Waals surface area (Å²) < 4.78 is 0. The normalized spacial score (nSPS) is 13.0. The molecule has 0 radical (unpaired) electrons. The van der Waals surface area contributed by atoms with E-state index in [1.165, 1.54) is 5.56 Å². The third-order valence-corrected chi connectivity index (χ3v) is 2.71. The fourth-order valence-corrected chi connectivity index (χ4v) is 1.86. The quantitative estimate of drug-likeness (QED) is 0.783. The zero-order valence-electron chi connectivity index (χ0n) is 8.64. The van der Waals surface area contributed by atoms with Crippen LogP contribution in [0.3, 0.4) is 0 Å². The predicted molar refractivity (Wildman–Crippen MR) is 60.7 cm³/mol. The maximum Gasteiger partial charge on any atom is 0.103 e. The minimum Gasteiger partial charge on any atom is -0.393 e. The van der Waals surface area contributed by atoms with Gasteiger partial charge in [0.2, 0.25) is 0 Å². The number of aryl methyl sites for hydroxylation is 1. The molecule has 0 spiro atoms. The Bertz CT molecular complexity index is 477. The standard InChI is InChI=1S/C13H14O2/c1-9-6-7-12(13(15)8-14)11-5-3-2-4-10(9)11/h2-7,13-15H,8H2,1H3. The third kappa shape index (κ3) is 1.74. The highest BCUT2D eigenvalue weighted by atomic mass is 16.3. The van der Waals surface area contributed by atoms with Gasteiger partial charge in [-0.25, -0.2) is 0 Å². The highest BCUT2D eigenvalue weighted by molar-refractivity contribution is 5.88. The minimum absolute atomic E-state index is 0.243. The van der Waals surface area contributed by atoms with Gasteiger partial charge in [0, 0.05) is 0 Å². The van der Waals surface area contributed by atoms with Crippen LogP contribution in [0.25, 0.3) is 10.8 Å². The second-order valence-corrected chi connectivity index (χ2v) is 3.72. The molecular formula is C13H14O2. The van der Waals surface area contributed by atoms with E-state index in [0.29, 0.717) is 0 Å². The van der Waals surface area contributed by atoms with E-state index in [-0.39, 0.29) is 6.61 Å². The molecule has 2 aromatic rings. The number of rotatable bonds is 2. The van der Waals surface area contributed by atoms with E-state index < -0.39 is 6.10 Å². The Morgan fingerprint density at radius 3 is 2.40 bits per heavy atom. The summed E-state index contributed by atoms with van der Waals surface area (Å²) in [7, 11) is 0. The van der Waals surface area contributed by atoms with Gasteiger partial charge in [0.05, 0.1) is 6.61 Å². The minimum atomic E-state index is -0.796. The molecule has 0 aliphatic rings. The van der Waals surface area contributed by atoms with Crippen LogP contribution in [0.1, 0.15) is 17.2 Å². The molecule has 1 atom stereocenters. The molecule has 0 aliphatic carbocycles. The predicted octanol–water partition coefficient (Wildman–Crippen LogP) is 2.17. The lowest BCUT2D eigenvalue weighted by atomic mass is 9.97. The van der Waals surface area contributed by atoms with Crippen molar-refractivity contribution in [1.82, 2.24) is 0 Å². The van der Waals surface area contributed by atoms with Crippen LogP contribution < -0.4 is 0 Å². The topological polar surface area (TPSA) is 40.5 Å². The van der Waals surface area contributed by atoms with Crippen molar-refractivity contribution >= 4 is 10.8 Å². The van der Waals surface area contributed by atoms with E-state index in [1.54, 1.807) is 0 Å². The molecule has 2 N–H and O–H groups in total. The first kappa shape index (κ1) is 10.1. The van der Waals surface area contributed by atoms with Crippen molar-refractivity contribution < 1.29 is 10.2 Å². The third-order valence-electron chi connectivity index (χ3n) is 2.71. The van der Waals surface area contributed by atoms with Crippen molar-refractivity contribution in [1.29, 1.82) is 0 Å². The van der Waals surface area contributed by atoms with Gasteiger partial charge in [-0.3, -0.25) is 0 Å². The summed E-state index contributed by atoms with van der Waals surface area (Å²) in [6, 6.07) is 11.8. The molecule has 0 fully saturated rings. The summed E-state index contributed by atoms with van der Waals surface area (Å²) in [6.07, 6.45) is -0.796. The molecular weight excluding hydrogens is 188 g/mol. The van der Waals surface area contributed by atoms with Crippen LogP contribution in [0.15, 0.2) is 36.4 Å². The molecule has 0 bridgehead atoms. The Morgan fingerprint density at radius 2 is 1.73 bits per heavy atom. The van der Waals surface area contributed by atoms with Gasteiger partial charge < -0.3 is 10.2 Å². The lowest BCUT2D eigenvalue weighted by molar-refractivity contribution is 0.0967. The summed E-state index contributed by atoms with van der Waals surface area (Å²) in [5, 5.41) is 20.8. The van der Waals surface area contributed by atoms with E-state index in [1.807, 2.05) is 43.3 Å². The van der Waals surface area contributed by atoms with E-state index in [2.05, 4.69) is 0 Å². The average Bonchev–Trinajstić information content (AvgIpc) is 2.29. The molecule has 0 aliphatic heterocycles. The van der Waals surface area contributed by atoms with Gasteiger partial charge in [0.15, 0.2) is 0 Å². The maximum atomic E-state index is 9.67. The largest absolute Gasteiger partial charge is 0.393 e. The second kappa shape index (κ2) is 4.01. The van der Waals surface area contributed by atoms with Crippen molar-refractivity contribution in [2.45, 2.75) is 13.0 Å². The number of benzene rings is 2. The number of aliphatic hydroxyl groups excluding tert-OH is 2. The van der Waals surface area contributed by atoms with Crippen molar-refractivity contribution in [3.05, 3.63) is 47.5 Å². The monoisotopic (exact) mass is 202 g/mol. The van der Waals surface area contributed by atoms with Crippen LogP contribution in [0.4, 0.5) is 0 Å². The van der Waals surface area contributed by atoms with E-state index >= 15 is 0 Å². The fourth-order valence-electron chi connectivity index (χ4n) is 1.86. The molecule has 0 saturated heterocycles. The number of fused-ring (bicyclic) bond motifs is 1. The first-order valence-corrected chi connectivity index (χ1v) is 5.01. The van der Waals surface area contributed by atoms with Gasteiger partial charge in [-0.05, 0) is 28.8 Å². The Balaban J connectivity index is 2.71. The molecule has 0 amide bonds. The lowest BCUT2D eigenvalue weighted by Gasteiger charge is -2.12. The Labute approximate surface area is 88.8 Å². The van der Waals surface area contributed by atoms with Gasteiger partial charge in [-0.15, -0.1) is 0 Å². The Hall–Kier alpha value is -1.38. The summed E-state index contributed by atoms with van der Waals surface area (Å²) in [6.45, 7) is 1.80. The van der Waals surface area contributed by atoms with Crippen LogP contribution in [0.2, 0.25) is 0 Å². The van der Waals surface area contributed by atoms with Crippen LogP contribution in [-0.2, 0) is 0 Å². The van der Waals surface area contributed by atoms with Crippen LogP contribution in [-0.4, -0.2) is 16.8 Å². The number of hydrogen-bond donors (Lipinski definition) is 2. The molecule has 78 valence electrons. The molecule has 0 heterocycles. The second-order valence-electron chi connectivity index (χ2n) is 3.72. The molecule has 2 rings (SSSR count). The number of hydrogen-bond acceptors (Lipinski definition) is 2. The maximum absolute atomic E-state index is 9.67. The fraction of sp³-hybridized carbons (Fsp3) is 0.231. The van der Waals surface area contributed by atoms with E-state index in [0.717, 1.165) is 16.3 Å². The molecule has 0 saturated carbocycles. The Kier molecular flexibility index (Phi) is 2.71. The first-order valence-electron chi connectivity index (χ1n) is 5.01. The van der Waals surface area contributed by atoms with Crippen molar-refractivity contribution in [2.75, 3.05) is 6.61 Å². The van der Waals surface area contributed by atoms with Crippen LogP contribution >= 0.6 is 0 Å². The molecule has 2 heteroatoms. The molecule has 15 heavy (non-hydrogen) atoms. The van der Waals surface area contributed by atoms with Crippen LogP contribution in [0.5, 0.6) is 0 Å². The van der Waals surface area contributed by atoms with Gasteiger partial charge in [-0.2, -0.15) is 0 Å². The Morgan fingerprint density at radius 1 is 1.07 bits per heavy atom. The highest BCUT2D eigenvalue weighted by Crippen LogP contribution is 2.26. The smallest absolute Gasteiger partial charge is 0.103 e. The zero-order valence-corrected chi connectivity index (χ0v) is 8.64. The molecule has 0 aromatic heterocycles. The lowest BCUT2D eigenvalue weighted by Crippen LogP contribution is -2.03. The molecule has 2 aromatic carbocycles. The van der Waals surface area contributed by atoms with E-state index in [9.17, 15) is 5.11 Å². The van der Waals surface area contributed by atoms with Crippen molar-refractivity contribution in [3.8, 4) is 0 Å². The van der Waals surface area contributed by atoms with Gasteiger partial charge in [0.25, 0.3) is 0 Å². The number of aliphatic hydroxyl groups is 2. The zero-order chi connectivity index (χ0) is 10.8. The summed E-state index contributed by atoms with van der Waals surface area (Å²) in [4.78, 5) is 0. The molecule has 1 unspecified atom stereocenters. The first-order chi connectivity index (χ1) is 7.24. The SMILES string of the molecule is Cc1ccc(C(O)CO)c2ccccc12. The average molecular weight is 202 g/mol. The summed E-state index contributed by atoms with van der Waals surface area (Å²) in [5.74, 6) is 0. The highest BCUT2D eigenvalue weighted by Gasteiger charge is 2.10. The van der Waals surface area contributed by atoms with Crippen molar-refractivity contribution in [2.24, 2.45) is 0 Å². The van der Waals surface area contributed by atoms with Gasteiger partial charge >= 0.3 is 0 Å². The summed E-state index contributed by atoms with van der Waals surface area (Å²) in [5.41, 5.74) is 1.97. The van der Waals surface area contributed by atoms with Gasteiger partial charge in [0.1, 0.15) is 6.10 Å². The molecule has 2 nitrogen and oxygen atoms in total. The van der Waals surface area contributed by atoms with Gasteiger partial charge in [-0.1, -0.05) is 36.4 Å². The van der Waals surface area contributed by atoms with E-state index in [4.69, 9.17) is 5.11 Å².